The summed E-state index contributed by atoms with van der Waals surface area (Å²) >= 11 is 0. The average Bonchev–Trinajstić information content (AvgIpc) is 2.39. The Bertz CT molecular complexity index is 381. The molecule has 19 heavy (non-hydrogen) atoms. The van der Waals surface area contributed by atoms with Crippen LogP contribution in [0.15, 0.2) is 12.4 Å². The molecule has 1 aromatic heterocycles. The van der Waals surface area contributed by atoms with E-state index in [1.807, 2.05) is 6.07 Å². The van der Waals surface area contributed by atoms with Gasteiger partial charge in [-0.15, -0.1) is 0 Å². The number of rotatable bonds is 8. The molecule has 0 aromatic carbocycles. The Kier molecular flexibility index (Phi) is 5.39. The van der Waals surface area contributed by atoms with Crippen LogP contribution in [0.25, 0.3) is 0 Å². The molecule has 0 radical (unpaired) electrons. The van der Waals surface area contributed by atoms with Gasteiger partial charge in [0, 0.05) is 18.7 Å². The fraction of sp³-hybridized carbons (Fsp3) is 0.714. The summed E-state index contributed by atoms with van der Waals surface area (Å²) in [5.41, 5.74) is 5.63. The largest absolute Gasteiger partial charge is 0.478 e. The van der Waals surface area contributed by atoms with Crippen LogP contribution in [0, 0.1) is 0 Å². The Labute approximate surface area is 115 Å². The Balaban J connectivity index is 2.06. The van der Waals surface area contributed by atoms with E-state index in [-0.39, 0.29) is 0 Å². The fourth-order valence-electron chi connectivity index (χ4n) is 2.22. The fourth-order valence-corrected chi connectivity index (χ4v) is 2.22. The highest BCUT2D eigenvalue weighted by Gasteiger charge is 2.25. The number of nitrogens with zero attached hydrogens (tertiary/aromatic N) is 3. The highest BCUT2D eigenvalue weighted by Crippen LogP contribution is 2.29. The Morgan fingerprint density at radius 1 is 1.42 bits per heavy atom. The monoisotopic (exact) mass is 264 g/mol. The molecule has 1 fully saturated rings. The van der Waals surface area contributed by atoms with Gasteiger partial charge in [-0.1, -0.05) is 6.92 Å². The minimum absolute atomic E-state index is 0.612. The van der Waals surface area contributed by atoms with E-state index in [2.05, 4.69) is 21.8 Å². The minimum Gasteiger partial charge on any atom is -0.478 e. The lowest BCUT2D eigenvalue weighted by molar-refractivity contribution is 0.304. The Hall–Kier alpha value is -1.36. The smallest absolute Gasteiger partial charge is 0.218 e. The molecule has 0 aliphatic heterocycles. The number of ether oxygens (including phenoxy) is 1. The van der Waals surface area contributed by atoms with Gasteiger partial charge in [-0.05, 0) is 38.6 Å². The first-order chi connectivity index (χ1) is 9.35. The van der Waals surface area contributed by atoms with Gasteiger partial charge < -0.3 is 15.4 Å². The van der Waals surface area contributed by atoms with E-state index in [1.54, 1.807) is 6.33 Å². The van der Waals surface area contributed by atoms with Gasteiger partial charge >= 0.3 is 0 Å². The second-order valence-electron chi connectivity index (χ2n) is 4.98. The highest BCUT2D eigenvalue weighted by molar-refractivity contribution is 5.42. The quantitative estimate of drug-likeness (QED) is 0.777. The lowest BCUT2D eigenvalue weighted by atomic mass is 9.91. The molecule has 2 N–H and O–H groups in total. The summed E-state index contributed by atoms with van der Waals surface area (Å²) < 4.78 is 5.58. The first-order valence-corrected chi connectivity index (χ1v) is 7.26. The van der Waals surface area contributed by atoms with Crippen LogP contribution in [-0.4, -0.2) is 35.7 Å². The van der Waals surface area contributed by atoms with Crippen LogP contribution in [0.5, 0.6) is 5.88 Å². The molecule has 2 rings (SSSR count). The van der Waals surface area contributed by atoms with Crippen LogP contribution in [0.4, 0.5) is 5.82 Å². The number of hydrogen-bond donors (Lipinski definition) is 1. The summed E-state index contributed by atoms with van der Waals surface area (Å²) in [6.45, 7) is 4.46. The Morgan fingerprint density at radius 3 is 2.89 bits per heavy atom. The third-order valence-corrected chi connectivity index (χ3v) is 3.49. The predicted molar refractivity (Wildman–Crippen MR) is 76.5 cm³/mol. The Morgan fingerprint density at radius 2 is 2.26 bits per heavy atom. The molecule has 0 bridgehead atoms. The third-order valence-electron chi connectivity index (χ3n) is 3.49. The zero-order valence-corrected chi connectivity index (χ0v) is 11.7. The van der Waals surface area contributed by atoms with Gasteiger partial charge in [0.15, 0.2) is 0 Å². The highest BCUT2D eigenvalue weighted by atomic mass is 16.5. The van der Waals surface area contributed by atoms with Crippen molar-refractivity contribution in [2.75, 3.05) is 24.6 Å². The molecular formula is C14H24N4O. The van der Waals surface area contributed by atoms with E-state index in [1.165, 1.54) is 19.3 Å². The molecule has 1 heterocycles. The number of anilines is 1. The molecule has 1 saturated carbocycles. The summed E-state index contributed by atoms with van der Waals surface area (Å²) in [6, 6.07) is 2.56. The average molecular weight is 264 g/mol. The van der Waals surface area contributed by atoms with Gasteiger partial charge in [0.05, 0.1) is 6.61 Å². The van der Waals surface area contributed by atoms with Crippen molar-refractivity contribution in [3.8, 4) is 5.88 Å². The molecule has 1 aliphatic carbocycles. The van der Waals surface area contributed by atoms with Gasteiger partial charge in [-0.2, -0.15) is 0 Å². The van der Waals surface area contributed by atoms with Gasteiger partial charge in [-0.3, -0.25) is 0 Å². The van der Waals surface area contributed by atoms with Crippen molar-refractivity contribution >= 4 is 5.82 Å². The van der Waals surface area contributed by atoms with Gasteiger partial charge in [0.25, 0.3) is 0 Å². The van der Waals surface area contributed by atoms with Crippen LogP contribution in [-0.2, 0) is 0 Å². The maximum absolute atomic E-state index is 5.63. The zero-order chi connectivity index (χ0) is 13.5. The molecule has 5 nitrogen and oxygen atoms in total. The number of nitrogens with two attached hydrogens (primary N) is 1. The van der Waals surface area contributed by atoms with Crippen molar-refractivity contribution in [1.82, 2.24) is 9.97 Å². The van der Waals surface area contributed by atoms with Crippen LogP contribution in [0.1, 0.15) is 39.0 Å². The van der Waals surface area contributed by atoms with Crippen molar-refractivity contribution in [1.29, 1.82) is 0 Å². The second kappa shape index (κ2) is 7.28. The molecule has 106 valence electrons. The van der Waals surface area contributed by atoms with Crippen molar-refractivity contribution < 1.29 is 4.74 Å². The summed E-state index contributed by atoms with van der Waals surface area (Å²) in [4.78, 5) is 10.9. The molecule has 5 heteroatoms. The molecule has 0 unspecified atom stereocenters. The van der Waals surface area contributed by atoms with E-state index < -0.39 is 0 Å². The molecular weight excluding hydrogens is 240 g/mol. The van der Waals surface area contributed by atoms with Crippen molar-refractivity contribution in [2.45, 2.75) is 45.1 Å². The number of hydrogen-bond acceptors (Lipinski definition) is 5. The SMILES string of the molecule is CCCOc1cc(N(CCCN)C2CCC2)ncn1. The van der Waals surface area contributed by atoms with Crippen molar-refractivity contribution in [3.05, 3.63) is 12.4 Å². The maximum Gasteiger partial charge on any atom is 0.218 e. The number of aromatic nitrogens is 2. The molecule has 1 aromatic rings. The third kappa shape index (κ3) is 3.80. The summed E-state index contributed by atoms with van der Waals surface area (Å²) in [6.07, 6.45) is 7.38. The predicted octanol–water partition coefficient (Wildman–Crippen LogP) is 1.97. The zero-order valence-electron chi connectivity index (χ0n) is 11.7. The molecule has 0 atom stereocenters. The lowest BCUT2D eigenvalue weighted by Crippen LogP contribution is -2.41. The summed E-state index contributed by atoms with van der Waals surface area (Å²) in [5.74, 6) is 1.64. The van der Waals surface area contributed by atoms with Crippen molar-refractivity contribution in [2.24, 2.45) is 5.73 Å². The standard InChI is InChI=1S/C14H24N4O/c1-2-9-19-14-10-13(16-11-17-14)18(8-4-7-15)12-5-3-6-12/h10-12H,2-9,15H2,1H3. The first-order valence-electron chi connectivity index (χ1n) is 7.26. The van der Waals surface area contributed by atoms with Crippen molar-refractivity contribution in [3.63, 3.8) is 0 Å². The van der Waals surface area contributed by atoms with Crippen LogP contribution in [0.3, 0.4) is 0 Å². The summed E-state index contributed by atoms with van der Waals surface area (Å²) in [5, 5.41) is 0. The normalized spacial score (nSPS) is 15.1. The van der Waals surface area contributed by atoms with E-state index in [0.29, 0.717) is 25.1 Å². The van der Waals surface area contributed by atoms with Crippen LogP contribution in [0.2, 0.25) is 0 Å². The van der Waals surface area contributed by atoms with Crippen LogP contribution < -0.4 is 15.4 Å². The van der Waals surface area contributed by atoms with Crippen LogP contribution >= 0.6 is 0 Å². The van der Waals surface area contributed by atoms with Gasteiger partial charge in [-0.25, -0.2) is 9.97 Å². The van der Waals surface area contributed by atoms with E-state index in [9.17, 15) is 0 Å². The van der Waals surface area contributed by atoms with Gasteiger partial charge in [0.2, 0.25) is 5.88 Å². The molecule has 0 amide bonds. The topological polar surface area (TPSA) is 64.3 Å². The first kappa shape index (κ1) is 14.1. The molecule has 1 aliphatic rings. The molecule has 0 spiro atoms. The maximum atomic E-state index is 5.63. The van der Waals surface area contributed by atoms with E-state index >= 15 is 0 Å². The molecule has 0 saturated heterocycles. The second-order valence-corrected chi connectivity index (χ2v) is 4.98. The summed E-state index contributed by atoms with van der Waals surface area (Å²) in [7, 11) is 0. The lowest BCUT2D eigenvalue weighted by Gasteiger charge is -2.38. The minimum atomic E-state index is 0.612. The van der Waals surface area contributed by atoms with E-state index in [4.69, 9.17) is 10.5 Å². The van der Waals surface area contributed by atoms with Gasteiger partial charge in [0.1, 0.15) is 12.1 Å². The van der Waals surface area contributed by atoms with E-state index in [0.717, 1.165) is 25.2 Å².